The second-order valence-electron chi connectivity index (χ2n) is 6.40. The quantitative estimate of drug-likeness (QED) is 0.339. The molecular weight excluding hydrogens is 544 g/mol. The van der Waals surface area contributed by atoms with E-state index in [1.165, 1.54) is 0 Å². The van der Waals surface area contributed by atoms with Crippen molar-refractivity contribution in [3.63, 3.8) is 0 Å². The predicted molar refractivity (Wildman–Crippen MR) is 82.5 cm³/mol. The molecule has 1 atom stereocenters. The molecule has 20 heteroatoms. The first kappa shape index (κ1) is 32.0. The number of carbonyl (C=O) groups excluding carboxylic acids is 3. The van der Waals surface area contributed by atoms with Crippen LogP contribution in [0.4, 0.5) is 61.5 Å². The largest absolute Gasteiger partial charge is 0.461 e. The van der Waals surface area contributed by atoms with E-state index in [-0.39, 0.29) is 0 Å². The van der Waals surface area contributed by atoms with Crippen molar-refractivity contribution < 1.29 is 80.6 Å². The number of esters is 1. The summed E-state index contributed by atoms with van der Waals surface area (Å²) in [6.07, 6.45) is -15.2. The SMILES string of the molecule is CC(C)OC(=O)[C@H](CSC(=O)C(F)(F)C(F)(F)C(F)(F)F)NC(=O)C(F)(F)C(F)(F)C(F)(F)F. The summed E-state index contributed by atoms with van der Waals surface area (Å²) in [5.41, 5.74) is 0. The van der Waals surface area contributed by atoms with E-state index in [1.54, 1.807) is 0 Å². The van der Waals surface area contributed by atoms with Crippen LogP contribution in [-0.4, -0.2) is 70.9 Å². The summed E-state index contributed by atoms with van der Waals surface area (Å²) in [5, 5.41) is -2.78. The van der Waals surface area contributed by atoms with Gasteiger partial charge in [0.1, 0.15) is 6.04 Å². The molecule has 0 fully saturated rings. The number of amides is 1. The van der Waals surface area contributed by atoms with Gasteiger partial charge in [-0.2, -0.15) is 61.5 Å². The van der Waals surface area contributed by atoms with Crippen LogP contribution in [0.5, 0.6) is 0 Å². The van der Waals surface area contributed by atoms with Gasteiger partial charge < -0.3 is 10.1 Å². The first-order valence-corrected chi connectivity index (χ1v) is 9.07. The summed E-state index contributed by atoms with van der Waals surface area (Å²) >= 11 is -1.28. The maximum atomic E-state index is 13.4. The Bertz CT molecular complexity index is 777. The molecule has 0 radical (unpaired) electrons. The number of nitrogens with one attached hydrogen (secondary N) is 1. The van der Waals surface area contributed by atoms with E-state index < -0.39 is 82.7 Å². The lowest BCUT2D eigenvalue weighted by atomic mass is 10.1. The molecule has 0 saturated carbocycles. The molecule has 200 valence electrons. The van der Waals surface area contributed by atoms with Gasteiger partial charge >= 0.3 is 42.0 Å². The second-order valence-corrected chi connectivity index (χ2v) is 7.40. The highest BCUT2D eigenvalue weighted by Gasteiger charge is 2.77. The smallest absolute Gasteiger partial charge is 0.460 e. The standard InChI is InChI=1S/C14H11F14NO4S/c1-4(2)33-6(30)5(29-7(31)9(15,16)11(19,20)13(23,24)25)3-34-8(32)10(17,18)12(21,22)14(26,27)28/h4-5H,3H2,1-2H3,(H,29,31)/t5-/m0/s1. The Morgan fingerprint density at radius 2 is 1.12 bits per heavy atom. The molecule has 5 nitrogen and oxygen atoms in total. The third kappa shape index (κ3) is 6.35. The van der Waals surface area contributed by atoms with E-state index in [4.69, 9.17) is 0 Å². The zero-order chi connectivity index (χ0) is 27.7. The van der Waals surface area contributed by atoms with Crippen molar-refractivity contribution in [2.45, 2.75) is 62.0 Å². The highest BCUT2D eigenvalue weighted by molar-refractivity contribution is 8.13. The van der Waals surface area contributed by atoms with Crippen LogP contribution >= 0.6 is 11.8 Å². The van der Waals surface area contributed by atoms with Crippen LogP contribution in [0.15, 0.2) is 0 Å². The summed E-state index contributed by atoms with van der Waals surface area (Å²) < 4.78 is 182. The molecule has 0 aliphatic heterocycles. The molecule has 0 rings (SSSR count). The third-order valence-electron chi connectivity index (χ3n) is 3.37. The van der Waals surface area contributed by atoms with Crippen molar-refractivity contribution >= 4 is 28.8 Å². The molecule has 1 amide bonds. The van der Waals surface area contributed by atoms with E-state index in [0.29, 0.717) is 5.32 Å². The van der Waals surface area contributed by atoms with Gasteiger partial charge in [-0.1, -0.05) is 11.8 Å². The summed E-state index contributed by atoms with van der Waals surface area (Å²) in [7, 11) is 0. The van der Waals surface area contributed by atoms with Gasteiger partial charge in [-0.25, -0.2) is 4.79 Å². The van der Waals surface area contributed by atoms with Gasteiger partial charge in [0.05, 0.1) is 6.10 Å². The van der Waals surface area contributed by atoms with Crippen molar-refractivity contribution in [2.24, 2.45) is 0 Å². The number of carbonyl (C=O) groups is 3. The molecule has 0 aromatic rings. The van der Waals surface area contributed by atoms with Crippen molar-refractivity contribution in [1.29, 1.82) is 0 Å². The van der Waals surface area contributed by atoms with Crippen LogP contribution in [-0.2, 0) is 19.1 Å². The van der Waals surface area contributed by atoms with Crippen molar-refractivity contribution in [1.82, 2.24) is 5.32 Å². The van der Waals surface area contributed by atoms with Crippen LogP contribution in [0.3, 0.4) is 0 Å². The van der Waals surface area contributed by atoms with Gasteiger partial charge in [0.25, 0.3) is 11.0 Å². The van der Waals surface area contributed by atoms with Crippen LogP contribution in [0.1, 0.15) is 13.8 Å². The van der Waals surface area contributed by atoms with E-state index in [9.17, 15) is 75.8 Å². The van der Waals surface area contributed by atoms with Crippen molar-refractivity contribution in [3.8, 4) is 0 Å². The first-order chi connectivity index (χ1) is 14.7. The molecule has 0 aliphatic carbocycles. The van der Waals surface area contributed by atoms with Gasteiger partial charge in [0.2, 0.25) is 0 Å². The van der Waals surface area contributed by atoms with E-state index in [2.05, 4.69) is 4.74 Å². The van der Waals surface area contributed by atoms with Crippen LogP contribution in [0.25, 0.3) is 0 Å². The Balaban J connectivity index is 5.89. The Morgan fingerprint density at radius 3 is 1.47 bits per heavy atom. The van der Waals surface area contributed by atoms with Crippen molar-refractivity contribution in [3.05, 3.63) is 0 Å². The fourth-order valence-electron chi connectivity index (χ4n) is 1.61. The maximum Gasteiger partial charge on any atom is 0.460 e. The van der Waals surface area contributed by atoms with Crippen LogP contribution in [0, 0.1) is 0 Å². The predicted octanol–water partition coefficient (Wildman–Crippen LogP) is 4.35. The Kier molecular flexibility index (Phi) is 9.33. The Hall–Kier alpha value is -2.02. The molecule has 34 heavy (non-hydrogen) atoms. The number of thioether (sulfide) groups is 1. The minimum Gasteiger partial charge on any atom is -0.461 e. The molecule has 0 unspecified atom stereocenters. The first-order valence-electron chi connectivity index (χ1n) is 8.08. The van der Waals surface area contributed by atoms with E-state index >= 15 is 0 Å². The molecule has 0 aromatic heterocycles. The highest BCUT2D eigenvalue weighted by atomic mass is 32.2. The Labute approximate surface area is 183 Å². The summed E-state index contributed by atoms with van der Waals surface area (Å²) in [5.74, 6) is -34.6. The van der Waals surface area contributed by atoms with Crippen molar-refractivity contribution in [2.75, 3.05) is 5.75 Å². The fourth-order valence-corrected chi connectivity index (χ4v) is 2.46. The van der Waals surface area contributed by atoms with Crippen LogP contribution < -0.4 is 5.32 Å². The summed E-state index contributed by atoms with van der Waals surface area (Å²) in [4.78, 5) is 34.3. The number of hydrogen-bond acceptors (Lipinski definition) is 5. The lowest BCUT2D eigenvalue weighted by Gasteiger charge is -2.29. The zero-order valence-corrected chi connectivity index (χ0v) is 17.0. The van der Waals surface area contributed by atoms with Gasteiger partial charge in [0, 0.05) is 5.75 Å². The molecule has 0 aliphatic rings. The molecule has 0 heterocycles. The normalized spacial score (nSPS) is 15.2. The molecular formula is C14H11F14NO4S. The average molecular weight is 555 g/mol. The molecule has 0 saturated heterocycles. The monoisotopic (exact) mass is 555 g/mol. The zero-order valence-electron chi connectivity index (χ0n) is 16.2. The maximum absolute atomic E-state index is 13.4. The highest BCUT2D eigenvalue weighted by Crippen LogP contribution is 2.49. The van der Waals surface area contributed by atoms with Gasteiger partial charge in [-0.15, -0.1) is 0 Å². The molecule has 0 spiro atoms. The molecule has 1 N–H and O–H groups in total. The Morgan fingerprint density at radius 1 is 0.735 bits per heavy atom. The van der Waals surface area contributed by atoms with E-state index in [0.717, 1.165) is 13.8 Å². The summed E-state index contributed by atoms with van der Waals surface area (Å²) in [6, 6.07) is -2.95. The number of hydrogen-bond donors (Lipinski definition) is 1. The number of ether oxygens (including phenoxy) is 1. The van der Waals surface area contributed by atoms with Gasteiger partial charge in [-0.3, -0.25) is 9.59 Å². The lowest BCUT2D eigenvalue weighted by molar-refractivity contribution is -0.344. The minimum absolute atomic E-state index is 0.545. The topological polar surface area (TPSA) is 72.5 Å². The van der Waals surface area contributed by atoms with E-state index in [1.807, 2.05) is 0 Å². The lowest BCUT2D eigenvalue weighted by Crippen LogP contribution is -2.62. The summed E-state index contributed by atoms with van der Waals surface area (Å²) in [6.45, 7) is 2.03. The average Bonchev–Trinajstić information content (AvgIpc) is 2.61. The number of alkyl halides is 14. The second kappa shape index (κ2) is 9.92. The minimum atomic E-state index is -7.04. The van der Waals surface area contributed by atoms with Gasteiger partial charge in [0.15, 0.2) is 0 Å². The third-order valence-corrected chi connectivity index (χ3v) is 4.38. The number of halogens is 14. The molecule has 0 aromatic carbocycles. The number of rotatable bonds is 9. The molecule has 0 bridgehead atoms. The fraction of sp³-hybridized carbons (Fsp3) is 0.786. The van der Waals surface area contributed by atoms with Gasteiger partial charge in [-0.05, 0) is 13.8 Å². The van der Waals surface area contributed by atoms with Crippen LogP contribution in [0.2, 0.25) is 0 Å².